The molecule has 2 aromatic heterocycles. The minimum absolute atomic E-state index is 0.0367. The molecule has 6 heteroatoms. The molecule has 4 aromatic rings. The summed E-state index contributed by atoms with van der Waals surface area (Å²) in [5, 5.41) is 4.13. The van der Waals surface area contributed by atoms with Crippen molar-refractivity contribution in [3.05, 3.63) is 66.4 Å². The molecule has 0 aliphatic carbocycles. The Morgan fingerprint density at radius 1 is 1.00 bits per heavy atom. The van der Waals surface area contributed by atoms with Crippen molar-refractivity contribution in [3.63, 3.8) is 0 Å². The van der Waals surface area contributed by atoms with Crippen molar-refractivity contribution in [1.82, 2.24) is 9.97 Å². The molecule has 2 heterocycles. The topological polar surface area (TPSA) is 56.3 Å². The molecule has 4 rings (SSSR count). The molecule has 0 radical (unpaired) electrons. The Morgan fingerprint density at radius 2 is 1.83 bits per heavy atom. The SMILES string of the molecule is COc1ccc2sc(Nc3cccnc3Oc3ccccc3C(C)(C)C)nc2c1. The molecular formula is C23H23N3O2S. The highest BCUT2D eigenvalue weighted by Crippen LogP contribution is 2.37. The molecule has 0 atom stereocenters. The summed E-state index contributed by atoms with van der Waals surface area (Å²) in [6, 6.07) is 17.8. The number of aromatic nitrogens is 2. The average molecular weight is 406 g/mol. The van der Waals surface area contributed by atoms with E-state index in [9.17, 15) is 0 Å². The predicted octanol–water partition coefficient (Wildman–Crippen LogP) is 6.53. The van der Waals surface area contributed by atoms with Crippen molar-refractivity contribution in [1.29, 1.82) is 0 Å². The van der Waals surface area contributed by atoms with Crippen LogP contribution in [0.15, 0.2) is 60.8 Å². The number of ether oxygens (including phenoxy) is 2. The molecule has 0 spiro atoms. The maximum absolute atomic E-state index is 6.23. The molecule has 0 aliphatic heterocycles. The predicted molar refractivity (Wildman–Crippen MR) is 119 cm³/mol. The molecular weight excluding hydrogens is 382 g/mol. The fourth-order valence-corrected chi connectivity index (χ4v) is 3.91. The molecule has 0 bridgehead atoms. The zero-order valence-electron chi connectivity index (χ0n) is 16.9. The maximum Gasteiger partial charge on any atom is 0.243 e. The number of pyridine rings is 1. The zero-order chi connectivity index (χ0) is 20.4. The van der Waals surface area contributed by atoms with Gasteiger partial charge in [0, 0.05) is 17.8 Å². The van der Waals surface area contributed by atoms with Gasteiger partial charge in [-0.15, -0.1) is 0 Å². The molecule has 0 saturated heterocycles. The number of thiazole rings is 1. The molecule has 5 nitrogen and oxygen atoms in total. The molecule has 0 fully saturated rings. The van der Waals surface area contributed by atoms with Gasteiger partial charge in [0.15, 0.2) is 5.13 Å². The summed E-state index contributed by atoms with van der Waals surface area (Å²) in [7, 11) is 1.65. The fraction of sp³-hybridized carbons (Fsp3) is 0.217. The van der Waals surface area contributed by atoms with Crippen LogP contribution in [0.1, 0.15) is 26.3 Å². The van der Waals surface area contributed by atoms with Crippen LogP contribution in [0.3, 0.4) is 0 Å². The van der Waals surface area contributed by atoms with Crippen LogP contribution < -0.4 is 14.8 Å². The molecule has 0 aliphatic rings. The monoisotopic (exact) mass is 405 g/mol. The van der Waals surface area contributed by atoms with Crippen LogP contribution in [0, 0.1) is 0 Å². The van der Waals surface area contributed by atoms with Crippen molar-refractivity contribution in [2.75, 3.05) is 12.4 Å². The van der Waals surface area contributed by atoms with E-state index in [2.05, 4.69) is 42.1 Å². The van der Waals surface area contributed by atoms with Crippen LogP contribution in [-0.2, 0) is 5.41 Å². The summed E-state index contributed by atoms with van der Waals surface area (Å²) in [5.74, 6) is 2.11. The third-order valence-corrected chi connectivity index (χ3v) is 5.46. The minimum atomic E-state index is -0.0367. The summed E-state index contributed by atoms with van der Waals surface area (Å²) in [6.45, 7) is 6.51. The van der Waals surface area contributed by atoms with Gasteiger partial charge in [0.05, 0.1) is 17.3 Å². The lowest BCUT2D eigenvalue weighted by Crippen LogP contribution is -2.12. The third kappa shape index (κ3) is 4.17. The van der Waals surface area contributed by atoms with Crippen LogP contribution in [0.4, 0.5) is 10.8 Å². The van der Waals surface area contributed by atoms with E-state index in [-0.39, 0.29) is 5.41 Å². The minimum Gasteiger partial charge on any atom is -0.497 e. The smallest absolute Gasteiger partial charge is 0.243 e. The van der Waals surface area contributed by atoms with Gasteiger partial charge in [-0.3, -0.25) is 0 Å². The average Bonchev–Trinajstić information content (AvgIpc) is 3.10. The van der Waals surface area contributed by atoms with Crippen molar-refractivity contribution < 1.29 is 9.47 Å². The molecule has 0 unspecified atom stereocenters. The Hall–Kier alpha value is -3.12. The fourth-order valence-electron chi connectivity index (χ4n) is 3.05. The van der Waals surface area contributed by atoms with Gasteiger partial charge in [-0.2, -0.15) is 0 Å². The van der Waals surface area contributed by atoms with Gasteiger partial charge in [0.25, 0.3) is 0 Å². The molecule has 1 N–H and O–H groups in total. The lowest BCUT2D eigenvalue weighted by Gasteiger charge is -2.22. The van der Waals surface area contributed by atoms with Gasteiger partial charge in [-0.05, 0) is 35.7 Å². The molecule has 0 amide bonds. The van der Waals surface area contributed by atoms with Crippen LogP contribution in [0.2, 0.25) is 0 Å². The number of hydrogen-bond acceptors (Lipinski definition) is 6. The first-order valence-electron chi connectivity index (χ1n) is 9.38. The van der Waals surface area contributed by atoms with Crippen molar-refractivity contribution in [3.8, 4) is 17.4 Å². The lowest BCUT2D eigenvalue weighted by atomic mass is 9.86. The summed E-state index contributed by atoms with van der Waals surface area (Å²) in [5.41, 5.74) is 2.75. The molecule has 2 aromatic carbocycles. The van der Waals surface area contributed by atoms with E-state index in [0.717, 1.165) is 38.1 Å². The second kappa shape index (κ2) is 7.72. The first-order valence-corrected chi connectivity index (χ1v) is 10.2. The van der Waals surface area contributed by atoms with Gasteiger partial charge < -0.3 is 14.8 Å². The van der Waals surface area contributed by atoms with Gasteiger partial charge in [0.1, 0.15) is 17.2 Å². The Bertz CT molecular complexity index is 1150. The van der Waals surface area contributed by atoms with Crippen LogP contribution in [-0.4, -0.2) is 17.1 Å². The number of nitrogens with zero attached hydrogens (tertiary/aromatic N) is 2. The van der Waals surface area contributed by atoms with E-state index >= 15 is 0 Å². The second-order valence-corrected chi connectivity index (χ2v) is 8.71. The number of benzene rings is 2. The number of methoxy groups -OCH3 is 1. The molecule has 29 heavy (non-hydrogen) atoms. The van der Waals surface area contributed by atoms with Gasteiger partial charge in [-0.25, -0.2) is 9.97 Å². The van der Waals surface area contributed by atoms with E-state index < -0.39 is 0 Å². The van der Waals surface area contributed by atoms with Crippen molar-refractivity contribution in [2.45, 2.75) is 26.2 Å². The van der Waals surface area contributed by atoms with Crippen molar-refractivity contribution >= 4 is 32.4 Å². The summed E-state index contributed by atoms with van der Waals surface area (Å²) in [4.78, 5) is 9.11. The van der Waals surface area contributed by atoms with Crippen LogP contribution in [0.5, 0.6) is 17.4 Å². The Kier molecular flexibility index (Phi) is 5.11. The van der Waals surface area contributed by atoms with E-state index in [1.807, 2.05) is 48.5 Å². The Balaban J connectivity index is 1.65. The first-order chi connectivity index (χ1) is 13.9. The largest absolute Gasteiger partial charge is 0.497 e. The number of nitrogens with one attached hydrogen (secondary N) is 1. The highest BCUT2D eigenvalue weighted by Gasteiger charge is 2.20. The second-order valence-electron chi connectivity index (χ2n) is 7.68. The number of rotatable bonds is 5. The number of para-hydroxylation sites is 1. The lowest BCUT2D eigenvalue weighted by molar-refractivity contribution is 0.415. The van der Waals surface area contributed by atoms with Crippen LogP contribution >= 0.6 is 11.3 Å². The van der Waals surface area contributed by atoms with E-state index in [4.69, 9.17) is 9.47 Å². The van der Waals surface area contributed by atoms with E-state index in [1.54, 1.807) is 24.6 Å². The summed E-state index contributed by atoms with van der Waals surface area (Å²) >= 11 is 1.57. The zero-order valence-corrected chi connectivity index (χ0v) is 17.7. The molecule has 148 valence electrons. The highest BCUT2D eigenvalue weighted by atomic mass is 32.1. The molecule has 0 saturated carbocycles. The normalized spacial score (nSPS) is 11.4. The van der Waals surface area contributed by atoms with Gasteiger partial charge in [0.2, 0.25) is 5.88 Å². The van der Waals surface area contributed by atoms with Gasteiger partial charge in [-0.1, -0.05) is 50.3 Å². The van der Waals surface area contributed by atoms with Gasteiger partial charge >= 0.3 is 0 Å². The number of hydrogen-bond donors (Lipinski definition) is 1. The number of anilines is 2. The Morgan fingerprint density at radius 3 is 2.62 bits per heavy atom. The first kappa shape index (κ1) is 19.2. The quantitative estimate of drug-likeness (QED) is 0.409. The van der Waals surface area contributed by atoms with E-state index in [1.165, 1.54) is 0 Å². The van der Waals surface area contributed by atoms with Crippen LogP contribution in [0.25, 0.3) is 10.2 Å². The van der Waals surface area contributed by atoms with E-state index in [0.29, 0.717) is 5.88 Å². The standard InChI is InChI=1S/C23H23N3O2S/c1-23(2,3)16-8-5-6-10-19(16)28-21-17(9-7-13-24-21)25-22-26-18-14-15(27-4)11-12-20(18)29-22/h5-14H,1-4H3,(H,25,26). The number of fused-ring (bicyclic) bond motifs is 1. The van der Waals surface area contributed by atoms with Crippen molar-refractivity contribution in [2.24, 2.45) is 0 Å². The summed E-state index contributed by atoms with van der Waals surface area (Å²) in [6.07, 6.45) is 1.73. The highest BCUT2D eigenvalue weighted by molar-refractivity contribution is 7.22. The summed E-state index contributed by atoms with van der Waals surface area (Å²) < 4.78 is 12.6. The third-order valence-electron chi connectivity index (χ3n) is 4.51. The Labute approximate surface area is 174 Å². The maximum atomic E-state index is 6.23.